The fourth-order valence-corrected chi connectivity index (χ4v) is 4.39. The molecule has 1 saturated heterocycles. The van der Waals surface area contributed by atoms with Gasteiger partial charge in [-0.05, 0) is 19.8 Å². The monoisotopic (exact) mass is 421 g/mol. The summed E-state index contributed by atoms with van der Waals surface area (Å²) in [5.41, 5.74) is -1.09. The molecule has 1 atom stereocenters. The molecule has 12 heteroatoms. The normalized spacial score (nSPS) is 18.1. The number of carbonyl (C=O) groups is 1. The van der Waals surface area contributed by atoms with Crippen LogP contribution in [0.15, 0.2) is 27.9 Å². The molecule has 154 valence electrons. The van der Waals surface area contributed by atoms with Crippen LogP contribution in [0.2, 0.25) is 0 Å². The van der Waals surface area contributed by atoms with Gasteiger partial charge in [-0.2, -0.15) is 18.3 Å². The molecule has 3 heterocycles. The Labute approximate surface area is 162 Å². The number of thioether (sulfide) groups is 1. The zero-order valence-electron chi connectivity index (χ0n) is 15.2. The molecule has 2 aromatic rings. The minimum Gasteiger partial charge on any atom is -0.363 e. The summed E-state index contributed by atoms with van der Waals surface area (Å²) in [6, 6.07) is 1.11. The van der Waals surface area contributed by atoms with E-state index in [1.165, 1.54) is 37.4 Å². The van der Waals surface area contributed by atoms with Gasteiger partial charge in [-0.25, -0.2) is 9.18 Å². The third kappa shape index (κ3) is 4.59. The van der Waals surface area contributed by atoms with Gasteiger partial charge < -0.3 is 9.42 Å². The first-order chi connectivity index (χ1) is 13.1. The van der Waals surface area contributed by atoms with Crippen LogP contribution in [0, 0.1) is 5.92 Å². The van der Waals surface area contributed by atoms with Crippen LogP contribution in [0.25, 0.3) is 0 Å². The average molecular weight is 421 g/mol. The molecule has 1 aliphatic heterocycles. The van der Waals surface area contributed by atoms with Crippen LogP contribution in [-0.4, -0.2) is 44.0 Å². The molecule has 0 aromatic carbocycles. The number of aromatic nitrogens is 3. The number of anilines is 1. The number of hydrogen-bond acceptors (Lipinski definition) is 5. The fraction of sp³-hybridized carbons (Fsp3) is 0.562. The molecule has 2 amide bonds. The van der Waals surface area contributed by atoms with Crippen molar-refractivity contribution in [3.05, 3.63) is 24.2 Å². The predicted octanol–water partition coefficient (Wildman–Crippen LogP) is 4.15. The Kier molecular flexibility index (Phi) is 5.60. The minimum atomic E-state index is -4.65. The lowest BCUT2D eigenvalue weighted by molar-refractivity contribution is -0.143. The summed E-state index contributed by atoms with van der Waals surface area (Å²) in [5.74, 6) is -0.232. The van der Waals surface area contributed by atoms with E-state index in [9.17, 15) is 18.0 Å². The second-order valence-electron chi connectivity index (χ2n) is 6.68. The first-order valence-corrected chi connectivity index (χ1v) is 9.33. The molecule has 1 aliphatic rings. The summed E-state index contributed by atoms with van der Waals surface area (Å²) < 4.78 is 60.3. The van der Waals surface area contributed by atoms with Crippen LogP contribution in [0.1, 0.15) is 25.5 Å². The summed E-state index contributed by atoms with van der Waals surface area (Å²) in [6.07, 6.45) is -1.50. The van der Waals surface area contributed by atoms with Crippen LogP contribution in [0.3, 0.4) is 0 Å². The van der Waals surface area contributed by atoms with Crippen LogP contribution < -0.4 is 5.32 Å². The topological polar surface area (TPSA) is 76.2 Å². The summed E-state index contributed by atoms with van der Waals surface area (Å²) in [7, 11) is 1.36. The van der Waals surface area contributed by atoms with E-state index in [0.29, 0.717) is 24.6 Å². The van der Waals surface area contributed by atoms with E-state index in [4.69, 9.17) is 0 Å². The van der Waals surface area contributed by atoms with Crippen molar-refractivity contribution < 1.29 is 26.9 Å². The number of likely N-dealkylation sites (tertiary alicyclic amines) is 1. The van der Waals surface area contributed by atoms with Gasteiger partial charge in [-0.15, -0.1) is 0 Å². The van der Waals surface area contributed by atoms with Crippen LogP contribution in [0.4, 0.5) is 28.2 Å². The van der Waals surface area contributed by atoms with Gasteiger partial charge in [-0.1, -0.05) is 16.9 Å². The number of hydrogen-bond donors (Lipinski definition) is 1. The minimum absolute atomic E-state index is 0.244. The van der Waals surface area contributed by atoms with Crippen molar-refractivity contribution in [3.8, 4) is 0 Å². The summed E-state index contributed by atoms with van der Waals surface area (Å²) >= 11 is 0.529. The predicted molar refractivity (Wildman–Crippen MR) is 93.4 cm³/mol. The first kappa shape index (κ1) is 20.5. The maximum Gasteiger partial charge on any atom is 0.436 e. The number of amides is 2. The highest BCUT2D eigenvalue weighted by atomic mass is 32.2. The zero-order valence-corrected chi connectivity index (χ0v) is 16.0. The zero-order chi connectivity index (χ0) is 20.5. The van der Waals surface area contributed by atoms with Crippen molar-refractivity contribution in [2.24, 2.45) is 13.0 Å². The Balaban J connectivity index is 1.61. The number of alkyl halides is 4. The molecular formula is C16H19F4N5O2S. The molecule has 0 bridgehead atoms. The standard InChI is InChI=1S/C16H19F4N5O2S/c1-15(17,28-11-9-24(2)22-13(11)16(18,19)20)10-3-6-25(7-4-10)14(26)21-12-5-8-27-23-12/h5,8-10H,3-4,6-7H2,1-2H3,(H,21,23,26). The van der Waals surface area contributed by atoms with E-state index >= 15 is 4.39 Å². The van der Waals surface area contributed by atoms with Crippen molar-refractivity contribution in [3.63, 3.8) is 0 Å². The molecule has 0 aliphatic carbocycles. The van der Waals surface area contributed by atoms with Gasteiger partial charge in [0.2, 0.25) is 0 Å². The second-order valence-corrected chi connectivity index (χ2v) is 8.12. The highest BCUT2D eigenvalue weighted by molar-refractivity contribution is 8.00. The Morgan fingerprint density at radius 2 is 2.00 bits per heavy atom. The van der Waals surface area contributed by atoms with E-state index in [2.05, 4.69) is 20.1 Å². The van der Waals surface area contributed by atoms with Gasteiger partial charge in [-0.3, -0.25) is 10.00 Å². The van der Waals surface area contributed by atoms with Gasteiger partial charge in [0, 0.05) is 38.3 Å². The number of carbonyl (C=O) groups excluding carboxylic acids is 1. The Morgan fingerprint density at radius 3 is 2.57 bits per heavy atom. The molecule has 1 unspecified atom stereocenters. The molecule has 28 heavy (non-hydrogen) atoms. The third-order valence-electron chi connectivity index (χ3n) is 4.56. The van der Waals surface area contributed by atoms with Crippen LogP contribution in [0.5, 0.6) is 0 Å². The quantitative estimate of drug-likeness (QED) is 0.593. The largest absolute Gasteiger partial charge is 0.436 e. The number of halogens is 4. The Hall–Kier alpha value is -2.24. The molecule has 3 rings (SSSR count). The first-order valence-electron chi connectivity index (χ1n) is 8.51. The Morgan fingerprint density at radius 1 is 1.32 bits per heavy atom. The molecule has 1 N–H and O–H groups in total. The van der Waals surface area contributed by atoms with Crippen LogP contribution >= 0.6 is 11.8 Å². The lowest BCUT2D eigenvalue weighted by Crippen LogP contribution is -2.44. The van der Waals surface area contributed by atoms with Crippen molar-refractivity contribution in [1.82, 2.24) is 19.8 Å². The van der Waals surface area contributed by atoms with E-state index in [1.54, 1.807) is 0 Å². The number of aryl methyl sites for hydroxylation is 1. The summed E-state index contributed by atoms with van der Waals surface area (Å²) in [4.78, 5) is 13.4. The maximum absolute atomic E-state index is 15.3. The molecule has 7 nitrogen and oxygen atoms in total. The highest BCUT2D eigenvalue weighted by Gasteiger charge is 2.43. The molecule has 0 spiro atoms. The second kappa shape index (κ2) is 7.64. The highest BCUT2D eigenvalue weighted by Crippen LogP contribution is 2.47. The van der Waals surface area contributed by atoms with Gasteiger partial charge in [0.1, 0.15) is 6.26 Å². The molecule has 1 fully saturated rings. The number of nitrogens with zero attached hydrogens (tertiary/aromatic N) is 4. The van der Waals surface area contributed by atoms with Crippen molar-refractivity contribution >= 4 is 23.6 Å². The third-order valence-corrected chi connectivity index (χ3v) is 5.81. The van der Waals surface area contributed by atoms with Crippen LogP contribution in [-0.2, 0) is 13.2 Å². The van der Waals surface area contributed by atoms with E-state index in [1.807, 2.05) is 0 Å². The number of piperidine rings is 1. The Bertz CT molecular complexity index is 814. The van der Waals surface area contributed by atoms with Gasteiger partial charge in [0.05, 0.1) is 4.90 Å². The number of nitrogens with one attached hydrogen (secondary N) is 1. The van der Waals surface area contributed by atoms with Crippen molar-refractivity contribution in [2.45, 2.75) is 35.8 Å². The summed E-state index contributed by atoms with van der Waals surface area (Å²) in [5, 5.41) is 7.62. The van der Waals surface area contributed by atoms with Crippen molar-refractivity contribution in [2.75, 3.05) is 18.4 Å². The SMILES string of the molecule is Cn1cc(SC(C)(F)C2CCN(C(=O)Nc3ccon3)CC2)c(C(F)(F)F)n1. The molecule has 0 radical (unpaired) electrons. The number of rotatable bonds is 4. The lowest BCUT2D eigenvalue weighted by atomic mass is 9.92. The smallest absolute Gasteiger partial charge is 0.363 e. The lowest BCUT2D eigenvalue weighted by Gasteiger charge is -2.37. The maximum atomic E-state index is 15.3. The van der Waals surface area contributed by atoms with E-state index in [0.717, 1.165) is 4.68 Å². The average Bonchev–Trinajstić information content (AvgIpc) is 3.23. The fourth-order valence-electron chi connectivity index (χ4n) is 3.10. The van der Waals surface area contributed by atoms with Crippen molar-refractivity contribution in [1.29, 1.82) is 0 Å². The molecular weight excluding hydrogens is 402 g/mol. The van der Waals surface area contributed by atoms with Gasteiger partial charge >= 0.3 is 12.2 Å². The van der Waals surface area contributed by atoms with E-state index in [-0.39, 0.29) is 29.8 Å². The number of urea groups is 1. The van der Waals surface area contributed by atoms with Gasteiger partial charge in [0.15, 0.2) is 16.5 Å². The molecule has 0 saturated carbocycles. The van der Waals surface area contributed by atoms with E-state index < -0.39 is 22.8 Å². The molecule has 2 aromatic heterocycles. The summed E-state index contributed by atoms with van der Waals surface area (Å²) in [6.45, 7) is 1.85. The van der Waals surface area contributed by atoms with Gasteiger partial charge in [0.25, 0.3) is 0 Å².